The molecule has 1 aromatic rings. The molecule has 104 valence electrons. The van der Waals surface area contributed by atoms with E-state index in [0.29, 0.717) is 18.7 Å². The minimum absolute atomic E-state index is 0.00456. The van der Waals surface area contributed by atoms with Crippen LogP contribution in [0.15, 0.2) is 18.2 Å². The molecule has 1 fully saturated rings. The fourth-order valence-electron chi connectivity index (χ4n) is 2.47. The molecule has 0 bridgehead atoms. The first-order chi connectivity index (χ1) is 8.78. The zero-order chi connectivity index (χ0) is 14.2. The third kappa shape index (κ3) is 2.98. The standard InChI is InChI=1S/C14H20N2O3/c1-9-7-16(8-14(2,3)19-9)13(18)10-4-5-11(15)12(17)6-10/h4-6,9,17H,7-8,15H2,1-3H3. The summed E-state index contributed by atoms with van der Waals surface area (Å²) in [6.45, 7) is 6.95. The number of nitrogens with two attached hydrogens (primary N) is 1. The number of morpholine rings is 1. The lowest BCUT2D eigenvalue weighted by atomic mass is 10.0. The third-order valence-electron chi connectivity index (χ3n) is 3.13. The highest BCUT2D eigenvalue weighted by atomic mass is 16.5. The number of nitrogen functional groups attached to an aromatic ring is 1. The van der Waals surface area contributed by atoms with Gasteiger partial charge in [-0.3, -0.25) is 4.79 Å². The van der Waals surface area contributed by atoms with Gasteiger partial charge < -0.3 is 20.5 Å². The summed E-state index contributed by atoms with van der Waals surface area (Å²) in [5.41, 5.74) is 5.89. The number of rotatable bonds is 1. The molecule has 2 rings (SSSR count). The number of carbonyl (C=O) groups is 1. The Hall–Kier alpha value is -1.75. The summed E-state index contributed by atoms with van der Waals surface area (Å²) in [4.78, 5) is 14.2. The summed E-state index contributed by atoms with van der Waals surface area (Å²) in [5.74, 6) is -0.176. The van der Waals surface area contributed by atoms with Gasteiger partial charge in [-0.05, 0) is 39.0 Å². The molecule has 5 nitrogen and oxygen atoms in total. The van der Waals surface area contributed by atoms with Crippen molar-refractivity contribution in [2.45, 2.75) is 32.5 Å². The van der Waals surface area contributed by atoms with Crippen molar-refractivity contribution in [3.05, 3.63) is 23.8 Å². The van der Waals surface area contributed by atoms with Crippen molar-refractivity contribution in [1.29, 1.82) is 0 Å². The van der Waals surface area contributed by atoms with E-state index in [9.17, 15) is 9.90 Å². The number of anilines is 1. The molecule has 0 aromatic heterocycles. The SMILES string of the molecule is CC1CN(C(=O)c2ccc(N)c(O)c2)CC(C)(C)O1. The molecule has 1 unspecified atom stereocenters. The summed E-state index contributed by atoms with van der Waals surface area (Å²) >= 11 is 0. The van der Waals surface area contributed by atoms with Crippen molar-refractivity contribution >= 4 is 11.6 Å². The van der Waals surface area contributed by atoms with Crippen LogP contribution in [-0.4, -0.2) is 40.7 Å². The fourth-order valence-corrected chi connectivity index (χ4v) is 2.47. The van der Waals surface area contributed by atoms with Crippen LogP contribution in [0.3, 0.4) is 0 Å². The van der Waals surface area contributed by atoms with E-state index < -0.39 is 0 Å². The number of carbonyl (C=O) groups excluding carboxylic acids is 1. The number of ether oxygens (including phenoxy) is 1. The maximum Gasteiger partial charge on any atom is 0.254 e. The van der Waals surface area contributed by atoms with Gasteiger partial charge in [0.1, 0.15) is 5.75 Å². The van der Waals surface area contributed by atoms with E-state index in [1.54, 1.807) is 11.0 Å². The number of hydrogen-bond donors (Lipinski definition) is 2. The lowest BCUT2D eigenvalue weighted by Crippen LogP contribution is -2.53. The second-order valence-electron chi connectivity index (χ2n) is 5.65. The minimum Gasteiger partial charge on any atom is -0.506 e. The van der Waals surface area contributed by atoms with E-state index in [0.717, 1.165) is 0 Å². The number of aromatic hydroxyl groups is 1. The number of nitrogens with zero attached hydrogens (tertiary/aromatic N) is 1. The van der Waals surface area contributed by atoms with Crippen molar-refractivity contribution in [2.24, 2.45) is 0 Å². The molecule has 1 aliphatic heterocycles. The fraction of sp³-hybridized carbons (Fsp3) is 0.500. The monoisotopic (exact) mass is 264 g/mol. The predicted molar refractivity (Wildman–Crippen MR) is 73.0 cm³/mol. The largest absolute Gasteiger partial charge is 0.506 e. The molecule has 0 radical (unpaired) electrons. The minimum atomic E-state index is -0.358. The van der Waals surface area contributed by atoms with Gasteiger partial charge in [-0.25, -0.2) is 0 Å². The highest BCUT2D eigenvalue weighted by Gasteiger charge is 2.34. The molecule has 1 amide bonds. The molecular weight excluding hydrogens is 244 g/mol. The van der Waals surface area contributed by atoms with Crippen LogP contribution in [0.4, 0.5) is 5.69 Å². The van der Waals surface area contributed by atoms with Gasteiger partial charge in [-0.1, -0.05) is 0 Å². The Morgan fingerprint density at radius 3 is 2.79 bits per heavy atom. The summed E-state index contributed by atoms with van der Waals surface area (Å²) in [6.07, 6.45) is -0.00456. The molecule has 5 heteroatoms. The molecule has 0 spiro atoms. The molecule has 1 atom stereocenters. The van der Waals surface area contributed by atoms with Crippen LogP contribution in [-0.2, 0) is 4.74 Å². The molecular formula is C14H20N2O3. The molecule has 19 heavy (non-hydrogen) atoms. The summed E-state index contributed by atoms with van der Waals surface area (Å²) in [6, 6.07) is 4.58. The average molecular weight is 264 g/mol. The van der Waals surface area contributed by atoms with E-state index in [1.165, 1.54) is 12.1 Å². The quantitative estimate of drug-likeness (QED) is 0.597. The number of amides is 1. The van der Waals surface area contributed by atoms with Crippen molar-refractivity contribution in [3.63, 3.8) is 0 Å². The third-order valence-corrected chi connectivity index (χ3v) is 3.13. The van der Waals surface area contributed by atoms with Gasteiger partial charge in [-0.15, -0.1) is 0 Å². The number of phenols is 1. The van der Waals surface area contributed by atoms with E-state index in [4.69, 9.17) is 10.5 Å². The Bertz CT molecular complexity index is 499. The lowest BCUT2D eigenvalue weighted by molar-refractivity contribution is -0.118. The van der Waals surface area contributed by atoms with E-state index in [1.807, 2.05) is 20.8 Å². The van der Waals surface area contributed by atoms with Gasteiger partial charge in [0.25, 0.3) is 5.91 Å². The second kappa shape index (κ2) is 4.74. The van der Waals surface area contributed by atoms with Gasteiger partial charge in [0.2, 0.25) is 0 Å². The van der Waals surface area contributed by atoms with Gasteiger partial charge in [-0.2, -0.15) is 0 Å². The number of hydrogen-bond acceptors (Lipinski definition) is 4. The zero-order valence-corrected chi connectivity index (χ0v) is 11.5. The van der Waals surface area contributed by atoms with Gasteiger partial charge in [0, 0.05) is 18.7 Å². The van der Waals surface area contributed by atoms with Crippen LogP contribution >= 0.6 is 0 Å². The van der Waals surface area contributed by atoms with Crippen molar-refractivity contribution in [1.82, 2.24) is 4.90 Å². The maximum absolute atomic E-state index is 12.4. The smallest absolute Gasteiger partial charge is 0.254 e. The number of benzene rings is 1. The molecule has 1 heterocycles. The van der Waals surface area contributed by atoms with Crippen LogP contribution < -0.4 is 5.73 Å². The second-order valence-corrected chi connectivity index (χ2v) is 5.65. The topological polar surface area (TPSA) is 75.8 Å². The molecule has 0 aliphatic carbocycles. The van der Waals surface area contributed by atoms with Crippen molar-refractivity contribution in [2.75, 3.05) is 18.8 Å². The van der Waals surface area contributed by atoms with Crippen LogP contribution in [0.25, 0.3) is 0 Å². The first kappa shape index (κ1) is 13.7. The van der Waals surface area contributed by atoms with Crippen LogP contribution in [0, 0.1) is 0 Å². The van der Waals surface area contributed by atoms with Crippen LogP contribution in [0.1, 0.15) is 31.1 Å². The van der Waals surface area contributed by atoms with Crippen LogP contribution in [0.2, 0.25) is 0 Å². The summed E-state index contributed by atoms with van der Waals surface area (Å²) in [5, 5.41) is 9.58. The highest BCUT2D eigenvalue weighted by molar-refractivity contribution is 5.95. The Morgan fingerprint density at radius 2 is 2.21 bits per heavy atom. The normalized spacial score (nSPS) is 22.3. The summed E-state index contributed by atoms with van der Waals surface area (Å²) < 4.78 is 5.77. The Balaban J connectivity index is 2.21. The van der Waals surface area contributed by atoms with Gasteiger partial charge in [0.05, 0.1) is 17.4 Å². The summed E-state index contributed by atoms with van der Waals surface area (Å²) in [7, 11) is 0. The molecule has 0 saturated carbocycles. The lowest BCUT2D eigenvalue weighted by Gasteiger charge is -2.41. The zero-order valence-electron chi connectivity index (χ0n) is 11.5. The Morgan fingerprint density at radius 1 is 1.53 bits per heavy atom. The molecule has 1 aromatic carbocycles. The molecule has 1 aliphatic rings. The highest BCUT2D eigenvalue weighted by Crippen LogP contribution is 2.25. The Kier molecular flexibility index (Phi) is 3.41. The molecule has 1 saturated heterocycles. The van der Waals surface area contributed by atoms with Gasteiger partial charge in [0.15, 0.2) is 0 Å². The van der Waals surface area contributed by atoms with Gasteiger partial charge >= 0.3 is 0 Å². The van der Waals surface area contributed by atoms with E-state index in [2.05, 4.69) is 0 Å². The number of phenolic OH excluding ortho intramolecular Hbond substituents is 1. The molecule has 3 N–H and O–H groups in total. The first-order valence-electron chi connectivity index (χ1n) is 6.34. The average Bonchev–Trinajstić information content (AvgIpc) is 2.29. The van der Waals surface area contributed by atoms with Crippen molar-refractivity contribution in [3.8, 4) is 5.75 Å². The van der Waals surface area contributed by atoms with E-state index in [-0.39, 0.29) is 29.0 Å². The predicted octanol–water partition coefficient (Wildman–Crippen LogP) is 1.61. The first-order valence-corrected chi connectivity index (χ1v) is 6.34. The van der Waals surface area contributed by atoms with Crippen LogP contribution in [0.5, 0.6) is 5.75 Å². The Labute approximate surface area is 113 Å². The van der Waals surface area contributed by atoms with E-state index >= 15 is 0 Å². The maximum atomic E-state index is 12.4. The van der Waals surface area contributed by atoms with Crippen molar-refractivity contribution < 1.29 is 14.6 Å².